The zero-order chi connectivity index (χ0) is 23.9. The molecule has 1 saturated carbocycles. The van der Waals surface area contributed by atoms with Crippen LogP contribution in [0.5, 0.6) is 0 Å². The molecular formula is C24H34N6O3S. The Morgan fingerprint density at radius 2 is 1.76 bits per heavy atom. The first-order valence-corrected chi connectivity index (χ1v) is 13.7. The van der Waals surface area contributed by atoms with Crippen LogP contribution in [0.25, 0.3) is 0 Å². The maximum absolute atomic E-state index is 13.4. The second-order valence-corrected chi connectivity index (χ2v) is 11.4. The Bertz CT molecular complexity index is 1160. The number of amides is 2. The lowest BCUT2D eigenvalue weighted by Crippen LogP contribution is -2.49. The van der Waals surface area contributed by atoms with Crippen molar-refractivity contribution in [3.8, 4) is 0 Å². The van der Waals surface area contributed by atoms with Crippen LogP contribution in [0.3, 0.4) is 0 Å². The van der Waals surface area contributed by atoms with Gasteiger partial charge in [0, 0.05) is 38.1 Å². The van der Waals surface area contributed by atoms with E-state index in [1.807, 2.05) is 7.05 Å². The van der Waals surface area contributed by atoms with Crippen LogP contribution in [0.1, 0.15) is 54.4 Å². The molecule has 1 aromatic carbocycles. The summed E-state index contributed by atoms with van der Waals surface area (Å²) in [6, 6.07) is 2.07. The quantitative estimate of drug-likeness (QED) is 0.598. The molecule has 0 unspecified atom stereocenters. The van der Waals surface area contributed by atoms with Crippen molar-refractivity contribution in [1.29, 1.82) is 0 Å². The van der Waals surface area contributed by atoms with Crippen LogP contribution in [0.15, 0.2) is 18.5 Å². The molecule has 3 aliphatic rings. The summed E-state index contributed by atoms with van der Waals surface area (Å²) in [4.78, 5) is 15.2. The molecule has 2 N–H and O–H groups in total. The highest BCUT2D eigenvalue weighted by molar-refractivity contribution is 7.91. The van der Waals surface area contributed by atoms with E-state index in [0.717, 1.165) is 57.1 Å². The second kappa shape index (κ2) is 9.22. The molecule has 0 saturated heterocycles. The summed E-state index contributed by atoms with van der Waals surface area (Å²) in [7, 11) is -0.364. The minimum absolute atomic E-state index is 0.234. The predicted octanol–water partition coefficient (Wildman–Crippen LogP) is 2.75. The van der Waals surface area contributed by atoms with Crippen molar-refractivity contribution in [2.75, 3.05) is 29.8 Å². The number of anilines is 2. The summed E-state index contributed by atoms with van der Waals surface area (Å²) in [5, 5.41) is 7.06. The number of hydrogen-bond acceptors (Lipinski definition) is 5. The third kappa shape index (κ3) is 4.53. The van der Waals surface area contributed by atoms with Gasteiger partial charge in [0.2, 0.25) is 0 Å². The summed E-state index contributed by atoms with van der Waals surface area (Å²) < 4.78 is 31.8. The van der Waals surface area contributed by atoms with Gasteiger partial charge in [0.15, 0.2) is 0 Å². The predicted molar refractivity (Wildman–Crippen MR) is 132 cm³/mol. The molecule has 1 heterocycles. The number of urea groups is 1. The summed E-state index contributed by atoms with van der Waals surface area (Å²) in [5.74, 6) is 0. The Hall–Kier alpha value is -2.59. The standard InChI is InChI=1S/C24H34N6O3S/c1-28(19-8-5-9-19)12-13-30(20-15-25-29(2)16-20)34(32,33)27-24(31)26-23-21-10-3-6-17(21)14-18-7-4-11-22(18)23/h14-16,19H,3-13H2,1-2H3,(H2,26,27,31). The molecule has 0 atom stereocenters. The number of nitrogens with one attached hydrogen (secondary N) is 2. The van der Waals surface area contributed by atoms with Gasteiger partial charge in [-0.15, -0.1) is 0 Å². The van der Waals surface area contributed by atoms with Crippen LogP contribution in [0, 0.1) is 0 Å². The Morgan fingerprint density at radius 1 is 1.09 bits per heavy atom. The molecule has 0 bridgehead atoms. The SMILES string of the molecule is CN(CCN(c1cnn(C)c1)S(=O)(=O)NC(=O)Nc1c2c(cc3c1CCC3)CCC2)C1CCC1. The molecule has 0 radical (unpaired) electrons. The highest BCUT2D eigenvalue weighted by Crippen LogP contribution is 2.38. The van der Waals surface area contributed by atoms with E-state index in [2.05, 4.69) is 26.1 Å². The van der Waals surface area contributed by atoms with Gasteiger partial charge in [-0.3, -0.25) is 4.68 Å². The number of benzene rings is 1. The van der Waals surface area contributed by atoms with E-state index in [0.29, 0.717) is 18.3 Å². The molecule has 184 valence electrons. The molecular weight excluding hydrogens is 452 g/mol. The lowest BCUT2D eigenvalue weighted by molar-refractivity contribution is 0.164. The largest absolute Gasteiger partial charge is 0.334 e. The van der Waals surface area contributed by atoms with Crippen molar-refractivity contribution < 1.29 is 13.2 Å². The Labute approximate surface area is 201 Å². The van der Waals surface area contributed by atoms with Crippen LogP contribution in [0.2, 0.25) is 0 Å². The number of aromatic nitrogens is 2. The maximum Gasteiger partial charge on any atom is 0.334 e. The molecule has 1 fully saturated rings. The number of aryl methyl sites for hydroxylation is 3. The van der Waals surface area contributed by atoms with Gasteiger partial charge in [-0.1, -0.05) is 12.5 Å². The first kappa shape index (κ1) is 23.2. The first-order chi connectivity index (χ1) is 16.3. The summed E-state index contributed by atoms with van der Waals surface area (Å²) in [5.41, 5.74) is 6.17. The molecule has 0 aliphatic heterocycles. The van der Waals surface area contributed by atoms with Gasteiger partial charge in [-0.25, -0.2) is 13.8 Å². The van der Waals surface area contributed by atoms with E-state index >= 15 is 0 Å². The highest BCUT2D eigenvalue weighted by atomic mass is 32.2. The van der Waals surface area contributed by atoms with Gasteiger partial charge >= 0.3 is 16.2 Å². The van der Waals surface area contributed by atoms with Gasteiger partial charge in [-0.2, -0.15) is 13.5 Å². The Kier molecular flexibility index (Phi) is 6.28. The number of hydrogen-bond donors (Lipinski definition) is 2. The molecule has 2 amide bonds. The number of fused-ring (bicyclic) bond motifs is 2. The fourth-order valence-corrected chi connectivity index (χ4v) is 6.55. The molecule has 1 aromatic heterocycles. The Balaban J connectivity index is 1.34. The van der Waals surface area contributed by atoms with Crippen molar-refractivity contribution in [1.82, 2.24) is 19.4 Å². The van der Waals surface area contributed by atoms with Crippen molar-refractivity contribution in [3.63, 3.8) is 0 Å². The molecule has 2 aromatic rings. The molecule has 9 nitrogen and oxygen atoms in total. The second-order valence-electron chi connectivity index (χ2n) is 9.80. The summed E-state index contributed by atoms with van der Waals surface area (Å²) >= 11 is 0. The Morgan fingerprint density at radius 3 is 2.32 bits per heavy atom. The van der Waals surface area contributed by atoms with Crippen molar-refractivity contribution in [3.05, 3.63) is 40.7 Å². The molecule has 0 spiro atoms. The van der Waals surface area contributed by atoms with Crippen molar-refractivity contribution in [2.45, 2.75) is 63.8 Å². The topological polar surface area (TPSA) is 99.6 Å². The third-order valence-corrected chi connectivity index (χ3v) is 8.97. The van der Waals surface area contributed by atoms with Crippen LogP contribution in [-0.4, -0.2) is 55.3 Å². The van der Waals surface area contributed by atoms with E-state index < -0.39 is 16.2 Å². The van der Waals surface area contributed by atoms with Gasteiger partial charge in [-0.05, 0) is 80.7 Å². The number of likely N-dealkylation sites (N-methyl/N-ethyl adjacent to an activating group) is 1. The van der Waals surface area contributed by atoms with Gasteiger partial charge < -0.3 is 10.2 Å². The van der Waals surface area contributed by atoms with Crippen LogP contribution in [0.4, 0.5) is 16.2 Å². The number of carbonyl (C=O) groups is 1. The number of carbonyl (C=O) groups excluding carboxylic acids is 1. The zero-order valence-electron chi connectivity index (χ0n) is 20.0. The monoisotopic (exact) mass is 486 g/mol. The smallest absolute Gasteiger partial charge is 0.307 e. The molecule has 10 heteroatoms. The van der Waals surface area contributed by atoms with E-state index in [1.165, 1.54) is 39.2 Å². The normalized spacial score (nSPS) is 17.4. The van der Waals surface area contributed by atoms with Gasteiger partial charge in [0.05, 0.1) is 11.9 Å². The lowest BCUT2D eigenvalue weighted by Gasteiger charge is -2.36. The van der Waals surface area contributed by atoms with Crippen LogP contribution >= 0.6 is 0 Å². The number of rotatable bonds is 8. The summed E-state index contributed by atoms with van der Waals surface area (Å²) in [6.45, 7) is 0.805. The molecule has 5 rings (SSSR count). The lowest BCUT2D eigenvalue weighted by atomic mass is 9.92. The van der Waals surface area contributed by atoms with Crippen LogP contribution in [-0.2, 0) is 42.9 Å². The minimum atomic E-state index is -4.13. The summed E-state index contributed by atoms with van der Waals surface area (Å²) in [6.07, 6.45) is 12.7. The maximum atomic E-state index is 13.4. The third-order valence-electron chi connectivity index (χ3n) is 7.56. The van der Waals surface area contributed by atoms with Crippen molar-refractivity contribution in [2.24, 2.45) is 7.05 Å². The fraction of sp³-hybridized carbons (Fsp3) is 0.583. The zero-order valence-corrected chi connectivity index (χ0v) is 20.8. The van der Waals surface area contributed by atoms with Crippen LogP contribution < -0.4 is 14.3 Å². The number of nitrogens with zero attached hydrogens (tertiary/aromatic N) is 4. The van der Waals surface area contributed by atoms with E-state index in [1.54, 1.807) is 17.9 Å². The average molecular weight is 487 g/mol. The van der Waals surface area contributed by atoms with E-state index in [-0.39, 0.29) is 6.54 Å². The minimum Gasteiger partial charge on any atom is -0.307 e. The van der Waals surface area contributed by atoms with Gasteiger partial charge in [0.1, 0.15) is 0 Å². The van der Waals surface area contributed by atoms with E-state index in [9.17, 15) is 13.2 Å². The first-order valence-electron chi connectivity index (χ1n) is 12.3. The average Bonchev–Trinajstić information content (AvgIpc) is 3.47. The van der Waals surface area contributed by atoms with Crippen molar-refractivity contribution >= 4 is 27.6 Å². The molecule has 34 heavy (non-hydrogen) atoms. The van der Waals surface area contributed by atoms with Gasteiger partial charge in [0.25, 0.3) is 0 Å². The fourth-order valence-electron chi connectivity index (χ4n) is 5.46. The molecule has 3 aliphatic carbocycles. The highest BCUT2D eigenvalue weighted by Gasteiger charge is 2.30. The van der Waals surface area contributed by atoms with E-state index in [4.69, 9.17) is 0 Å².